The summed E-state index contributed by atoms with van der Waals surface area (Å²) in [6, 6.07) is 13.0. The Bertz CT molecular complexity index is 638. The minimum absolute atomic E-state index is 0.0212. The van der Waals surface area contributed by atoms with E-state index in [0.29, 0.717) is 5.92 Å². The van der Waals surface area contributed by atoms with Crippen molar-refractivity contribution < 1.29 is 4.74 Å². The Morgan fingerprint density at radius 2 is 1.71 bits per heavy atom. The van der Waals surface area contributed by atoms with Crippen molar-refractivity contribution >= 4 is 0 Å². The lowest BCUT2D eigenvalue weighted by Gasteiger charge is -2.24. The van der Waals surface area contributed by atoms with E-state index < -0.39 is 0 Å². The van der Waals surface area contributed by atoms with Crippen molar-refractivity contribution in [2.45, 2.75) is 32.7 Å². The third-order valence-corrected chi connectivity index (χ3v) is 4.64. The summed E-state index contributed by atoms with van der Waals surface area (Å²) in [6.07, 6.45) is 2.13. The lowest BCUT2D eigenvalue weighted by atomic mass is 9.87. The summed E-state index contributed by atoms with van der Waals surface area (Å²) in [5.74, 6) is 1.38. The van der Waals surface area contributed by atoms with Crippen molar-refractivity contribution in [3.8, 4) is 5.75 Å². The van der Waals surface area contributed by atoms with Crippen molar-refractivity contribution in [3.63, 3.8) is 0 Å². The fourth-order valence-electron chi connectivity index (χ4n) is 3.62. The summed E-state index contributed by atoms with van der Waals surface area (Å²) in [4.78, 5) is 0. The number of fused-ring (bicyclic) bond motifs is 1. The third kappa shape index (κ3) is 2.56. The normalized spacial score (nSPS) is 15.8. The van der Waals surface area contributed by atoms with Gasteiger partial charge < -0.3 is 10.5 Å². The first kappa shape index (κ1) is 14.2. The Morgan fingerprint density at radius 1 is 1.10 bits per heavy atom. The van der Waals surface area contributed by atoms with Gasteiger partial charge in [0.25, 0.3) is 0 Å². The Hall–Kier alpha value is -1.80. The zero-order valence-corrected chi connectivity index (χ0v) is 13.0. The molecule has 21 heavy (non-hydrogen) atoms. The number of hydrogen-bond donors (Lipinski definition) is 1. The molecule has 0 spiro atoms. The van der Waals surface area contributed by atoms with Crippen LogP contribution in [-0.2, 0) is 12.8 Å². The second-order valence-electron chi connectivity index (χ2n) is 6.16. The summed E-state index contributed by atoms with van der Waals surface area (Å²) >= 11 is 0. The number of hydrogen-bond acceptors (Lipinski definition) is 2. The number of ether oxygens (including phenoxy) is 1. The van der Waals surface area contributed by atoms with Crippen LogP contribution in [0.15, 0.2) is 36.4 Å². The minimum atomic E-state index is 0.0212. The lowest BCUT2D eigenvalue weighted by Crippen LogP contribution is -2.23. The molecule has 0 aliphatic heterocycles. The van der Waals surface area contributed by atoms with Crippen molar-refractivity contribution in [1.29, 1.82) is 0 Å². The Labute approximate surface area is 126 Å². The molecule has 3 rings (SSSR count). The van der Waals surface area contributed by atoms with Gasteiger partial charge in [0.1, 0.15) is 5.75 Å². The molecule has 2 aromatic rings. The van der Waals surface area contributed by atoms with Gasteiger partial charge in [-0.15, -0.1) is 0 Å². The SMILES string of the molecule is COc1cc(C)cc(C)c1C(N)C1Cc2ccccc2C1. The molecule has 2 aromatic carbocycles. The molecule has 1 aliphatic rings. The van der Waals surface area contributed by atoms with Crippen molar-refractivity contribution in [2.24, 2.45) is 11.7 Å². The highest BCUT2D eigenvalue weighted by Gasteiger charge is 2.29. The highest BCUT2D eigenvalue weighted by Crippen LogP contribution is 2.38. The number of rotatable bonds is 3. The second kappa shape index (κ2) is 5.53. The van der Waals surface area contributed by atoms with Crippen molar-refractivity contribution in [2.75, 3.05) is 7.11 Å². The van der Waals surface area contributed by atoms with Crippen LogP contribution in [0.25, 0.3) is 0 Å². The predicted octanol–water partition coefficient (Wildman–Crippen LogP) is 3.73. The molecule has 0 fully saturated rings. The maximum Gasteiger partial charge on any atom is 0.124 e. The van der Waals surface area contributed by atoms with Gasteiger partial charge in [0.05, 0.1) is 7.11 Å². The first-order valence-corrected chi connectivity index (χ1v) is 7.57. The van der Waals surface area contributed by atoms with Crippen LogP contribution in [-0.4, -0.2) is 7.11 Å². The molecule has 110 valence electrons. The Kier molecular flexibility index (Phi) is 3.73. The van der Waals surface area contributed by atoms with Gasteiger partial charge in [-0.25, -0.2) is 0 Å². The molecule has 0 bridgehead atoms. The molecular formula is C19H23NO. The molecule has 1 aliphatic carbocycles. The van der Waals surface area contributed by atoms with Gasteiger partial charge in [-0.3, -0.25) is 0 Å². The molecule has 2 N–H and O–H groups in total. The van der Waals surface area contributed by atoms with Crippen molar-refractivity contribution in [3.05, 3.63) is 64.2 Å². The number of aryl methyl sites for hydroxylation is 2. The van der Waals surface area contributed by atoms with E-state index in [9.17, 15) is 0 Å². The second-order valence-corrected chi connectivity index (χ2v) is 6.16. The largest absolute Gasteiger partial charge is 0.496 e. The standard InChI is InChI=1S/C19H23NO/c1-12-8-13(2)18(17(9-12)21-3)19(20)16-10-14-6-4-5-7-15(14)11-16/h4-9,16,19H,10-11,20H2,1-3H3. The summed E-state index contributed by atoms with van der Waals surface area (Å²) in [7, 11) is 1.73. The maximum absolute atomic E-state index is 6.63. The Balaban J connectivity index is 1.92. The van der Waals surface area contributed by atoms with E-state index in [1.54, 1.807) is 7.11 Å². The van der Waals surface area contributed by atoms with E-state index in [1.165, 1.54) is 27.8 Å². The fourth-order valence-corrected chi connectivity index (χ4v) is 3.62. The molecule has 1 atom stereocenters. The molecule has 0 saturated heterocycles. The predicted molar refractivity (Wildman–Crippen MR) is 86.7 cm³/mol. The molecule has 2 nitrogen and oxygen atoms in total. The summed E-state index contributed by atoms with van der Waals surface area (Å²) in [5.41, 5.74) is 13.1. The number of methoxy groups -OCH3 is 1. The van der Waals surface area contributed by atoms with Crippen LogP contribution in [0.4, 0.5) is 0 Å². The molecule has 0 saturated carbocycles. The van der Waals surface area contributed by atoms with Gasteiger partial charge in [-0.1, -0.05) is 30.3 Å². The van der Waals surface area contributed by atoms with Crippen LogP contribution in [0.2, 0.25) is 0 Å². The minimum Gasteiger partial charge on any atom is -0.496 e. The lowest BCUT2D eigenvalue weighted by molar-refractivity contribution is 0.386. The highest BCUT2D eigenvalue weighted by atomic mass is 16.5. The van der Waals surface area contributed by atoms with Crippen LogP contribution in [0, 0.1) is 19.8 Å². The van der Waals surface area contributed by atoms with Crippen LogP contribution < -0.4 is 10.5 Å². The Morgan fingerprint density at radius 3 is 2.29 bits per heavy atom. The van der Waals surface area contributed by atoms with Gasteiger partial charge in [-0.05, 0) is 60.9 Å². The number of nitrogens with two attached hydrogens (primary N) is 1. The average Bonchev–Trinajstić information content (AvgIpc) is 2.89. The van der Waals surface area contributed by atoms with E-state index in [-0.39, 0.29) is 6.04 Å². The van der Waals surface area contributed by atoms with Crippen molar-refractivity contribution in [1.82, 2.24) is 0 Å². The van der Waals surface area contributed by atoms with Gasteiger partial charge in [-0.2, -0.15) is 0 Å². The van der Waals surface area contributed by atoms with Crippen LogP contribution in [0.1, 0.15) is 33.9 Å². The van der Waals surface area contributed by atoms with Gasteiger partial charge in [0.15, 0.2) is 0 Å². The van der Waals surface area contributed by atoms with E-state index in [0.717, 1.165) is 18.6 Å². The van der Waals surface area contributed by atoms with E-state index in [1.807, 2.05) is 0 Å². The van der Waals surface area contributed by atoms with Gasteiger partial charge in [0.2, 0.25) is 0 Å². The molecule has 0 radical (unpaired) electrons. The van der Waals surface area contributed by atoms with E-state index >= 15 is 0 Å². The van der Waals surface area contributed by atoms with Crippen LogP contribution in [0.5, 0.6) is 5.75 Å². The molecule has 0 amide bonds. The summed E-state index contributed by atoms with van der Waals surface area (Å²) in [5, 5.41) is 0. The first-order valence-electron chi connectivity index (χ1n) is 7.57. The first-order chi connectivity index (χ1) is 10.1. The number of benzene rings is 2. The van der Waals surface area contributed by atoms with Crippen LogP contribution >= 0.6 is 0 Å². The maximum atomic E-state index is 6.63. The molecule has 0 aromatic heterocycles. The van der Waals surface area contributed by atoms with Crippen LogP contribution in [0.3, 0.4) is 0 Å². The summed E-state index contributed by atoms with van der Waals surface area (Å²) in [6.45, 7) is 4.23. The van der Waals surface area contributed by atoms with E-state index in [2.05, 4.69) is 50.2 Å². The zero-order valence-electron chi connectivity index (χ0n) is 13.0. The summed E-state index contributed by atoms with van der Waals surface area (Å²) < 4.78 is 5.58. The zero-order chi connectivity index (χ0) is 15.0. The van der Waals surface area contributed by atoms with Gasteiger partial charge in [0, 0.05) is 11.6 Å². The molecular weight excluding hydrogens is 258 g/mol. The highest BCUT2D eigenvalue weighted by molar-refractivity contribution is 5.46. The monoisotopic (exact) mass is 281 g/mol. The van der Waals surface area contributed by atoms with Gasteiger partial charge >= 0.3 is 0 Å². The third-order valence-electron chi connectivity index (χ3n) is 4.64. The average molecular weight is 281 g/mol. The molecule has 2 heteroatoms. The smallest absolute Gasteiger partial charge is 0.124 e. The topological polar surface area (TPSA) is 35.2 Å². The molecule has 1 unspecified atom stereocenters. The fraction of sp³-hybridized carbons (Fsp3) is 0.368. The molecule has 0 heterocycles. The quantitative estimate of drug-likeness (QED) is 0.930. The van der Waals surface area contributed by atoms with E-state index in [4.69, 9.17) is 10.5 Å².